The first-order valence-corrected chi connectivity index (χ1v) is 11.5. The molecule has 0 spiro atoms. The molecule has 2 heterocycles. The maximum absolute atomic E-state index is 12.7. The Morgan fingerprint density at radius 1 is 0.839 bits per heavy atom. The van der Waals surface area contributed by atoms with Crippen molar-refractivity contribution >= 4 is 23.6 Å². The van der Waals surface area contributed by atoms with Crippen molar-refractivity contribution in [3.8, 4) is 0 Å². The summed E-state index contributed by atoms with van der Waals surface area (Å²) in [4.78, 5) is 52.8. The zero-order chi connectivity index (χ0) is 23.7. The highest BCUT2D eigenvalue weighted by molar-refractivity contribution is 6.04. The van der Waals surface area contributed by atoms with E-state index in [9.17, 15) is 19.2 Å². The number of likely N-dealkylation sites (tertiary alicyclic amines) is 2. The molecule has 7 nitrogen and oxygen atoms in total. The predicted molar refractivity (Wildman–Crippen MR) is 118 cm³/mol. The van der Waals surface area contributed by atoms with E-state index in [4.69, 9.17) is 4.74 Å². The third-order valence-electron chi connectivity index (χ3n) is 6.82. The zero-order valence-electron chi connectivity index (χ0n) is 20.5. The van der Waals surface area contributed by atoms with Crippen LogP contribution in [0.2, 0.25) is 0 Å². The van der Waals surface area contributed by atoms with Crippen LogP contribution in [-0.2, 0) is 23.9 Å². The number of rotatable bonds is 10. The van der Waals surface area contributed by atoms with Crippen molar-refractivity contribution in [1.29, 1.82) is 0 Å². The van der Waals surface area contributed by atoms with Crippen molar-refractivity contribution in [2.45, 2.75) is 92.2 Å². The Morgan fingerprint density at radius 2 is 1.35 bits per heavy atom. The molecule has 31 heavy (non-hydrogen) atoms. The molecule has 0 saturated carbocycles. The van der Waals surface area contributed by atoms with Gasteiger partial charge >= 0.3 is 0 Å². The minimum absolute atomic E-state index is 0.0808. The topological polar surface area (TPSA) is 84.0 Å². The second-order valence-corrected chi connectivity index (χ2v) is 11.0. The second kappa shape index (κ2) is 9.39. The maximum atomic E-state index is 12.7. The Kier molecular flexibility index (Phi) is 7.72. The van der Waals surface area contributed by atoms with Crippen LogP contribution in [0.1, 0.15) is 81.1 Å². The summed E-state index contributed by atoms with van der Waals surface area (Å²) in [5.41, 5.74) is -1.16. The molecule has 2 rings (SSSR count). The molecule has 0 radical (unpaired) electrons. The van der Waals surface area contributed by atoms with E-state index >= 15 is 0 Å². The summed E-state index contributed by atoms with van der Waals surface area (Å²) < 4.78 is 6.08. The molecule has 2 unspecified atom stereocenters. The van der Waals surface area contributed by atoms with Crippen LogP contribution < -0.4 is 0 Å². The molecule has 2 aliphatic heterocycles. The fraction of sp³-hybridized carbons (Fsp3) is 0.833. The molecule has 2 saturated heterocycles. The predicted octanol–water partition coefficient (Wildman–Crippen LogP) is 3.40. The smallest absolute Gasteiger partial charge is 0.233 e. The minimum Gasteiger partial charge on any atom is -0.375 e. The fourth-order valence-corrected chi connectivity index (χ4v) is 4.42. The highest BCUT2D eigenvalue weighted by Crippen LogP contribution is 2.34. The molecule has 0 bridgehead atoms. The highest BCUT2D eigenvalue weighted by atomic mass is 16.5. The standard InChI is InChI=1S/C24H40N2O5/c1-15(2)17-13-19(27)25(21(17)29)11-9-24(7,8)31-12-10-23(5,6)26-20(28)14-18(16(3)4)22(26)30/h15-18H,9-14H2,1-8H3. The molecule has 2 aliphatic rings. The number of imide groups is 2. The SMILES string of the molecule is CC(C)C1CC(=O)N(CCC(C)(C)OCCC(C)(C)N2C(=O)CC(C(C)C)C2=O)C1=O. The number of hydrogen-bond acceptors (Lipinski definition) is 5. The van der Waals surface area contributed by atoms with Crippen LogP contribution in [0.4, 0.5) is 0 Å². The molecule has 2 fully saturated rings. The average molecular weight is 437 g/mol. The molecule has 0 aromatic heterocycles. The summed E-state index contributed by atoms with van der Waals surface area (Å²) in [7, 11) is 0. The molecule has 0 aromatic carbocycles. The van der Waals surface area contributed by atoms with E-state index in [1.165, 1.54) is 9.80 Å². The maximum Gasteiger partial charge on any atom is 0.233 e. The number of hydrogen-bond donors (Lipinski definition) is 0. The van der Waals surface area contributed by atoms with Gasteiger partial charge in [-0.3, -0.25) is 29.0 Å². The number of nitrogens with zero attached hydrogens (tertiary/aromatic N) is 2. The van der Waals surface area contributed by atoms with E-state index in [0.717, 1.165) is 0 Å². The summed E-state index contributed by atoms with van der Waals surface area (Å²) in [5.74, 6) is -0.558. The van der Waals surface area contributed by atoms with Crippen LogP contribution in [0.5, 0.6) is 0 Å². The largest absolute Gasteiger partial charge is 0.375 e. The lowest BCUT2D eigenvalue weighted by Gasteiger charge is -2.36. The normalized spacial score (nSPS) is 23.3. The van der Waals surface area contributed by atoms with Gasteiger partial charge in [-0.25, -0.2) is 0 Å². The second-order valence-electron chi connectivity index (χ2n) is 11.0. The van der Waals surface area contributed by atoms with Gasteiger partial charge in [0.15, 0.2) is 0 Å². The van der Waals surface area contributed by atoms with Crippen LogP contribution in [0, 0.1) is 23.7 Å². The van der Waals surface area contributed by atoms with Gasteiger partial charge in [0.2, 0.25) is 23.6 Å². The van der Waals surface area contributed by atoms with E-state index in [1.807, 2.05) is 55.4 Å². The van der Waals surface area contributed by atoms with Crippen LogP contribution in [0.15, 0.2) is 0 Å². The van der Waals surface area contributed by atoms with Gasteiger partial charge in [-0.15, -0.1) is 0 Å². The average Bonchev–Trinajstić information content (AvgIpc) is 3.09. The summed E-state index contributed by atoms with van der Waals surface area (Å²) >= 11 is 0. The molecule has 4 amide bonds. The number of ether oxygens (including phenoxy) is 1. The zero-order valence-corrected chi connectivity index (χ0v) is 20.5. The Labute approximate surface area is 186 Å². The van der Waals surface area contributed by atoms with Crippen molar-refractivity contribution in [3.63, 3.8) is 0 Å². The van der Waals surface area contributed by atoms with Crippen LogP contribution in [0.25, 0.3) is 0 Å². The molecule has 0 N–H and O–H groups in total. The third-order valence-corrected chi connectivity index (χ3v) is 6.82. The van der Waals surface area contributed by atoms with Crippen LogP contribution in [0.3, 0.4) is 0 Å². The molecule has 2 atom stereocenters. The fourth-order valence-electron chi connectivity index (χ4n) is 4.42. The van der Waals surface area contributed by atoms with E-state index in [0.29, 0.717) is 32.4 Å². The number of carbonyl (C=O) groups excluding carboxylic acids is 4. The van der Waals surface area contributed by atoms with Gasteiger partial charge in [0.25, 0.3) is 0 Å². The number of amides is 4. The monoisotopic (exact) mass is 436 g/mol. The molecule has 176 valence electrons. The summed E-state index contributed by atoms with van der Waals surface area (Å²) in [6.07, 6.45) is 1.63. The van der Waals surface area contributed by atoms with Gasteiger partial charge in [0.05, 0.1) is 5.60 Å². The third kappa shape index (κ3) is 5.73. The molecule has 0 aromatic rings. The first-order valence-electron chi connectivity index (χ1n) is 11.5. The van der Waals surface area contributed by atoms with Crippen molar-refractivity contribution < 1.29 is 23.9 Å². The Morgan fingerprint density at radius 3 is 1.84 bits per heavy atom. The first kappa shape index (κ1) is 25.5. The summed E-state index contributed by atoms with van der Waals surface area (Å²) in [6.45, 7) is 16.3. The molecule has 7 heteroatoms. The summed E-state index contributed by atoms with van der Waals surface area (Å²) in [6, 6.07) is 0. The van der Waals surface area contributed by atoms with E-state index < -0.39 is 11.1 Å². The van der Waals surface area contributed by atoms with Gasteiger partial charge in [-0.1, -0.05) is 27.7 Å². The highest BCUT2D eigenvalue weighted by Gasteiger charge is 2.46. The van der Waals surface area contributed by atoms with Crippen molar-refractivity contribution in [3.05, 3.63) is 0 Å². The van der Waals surface area contributed by atoms with Gasteiger partial charge in [0, 0.05) is 43.4 Å². The minimum atomic E-state index is -0.626. The van der Waals surface area contributed by atoms with Gasteiger partial charge in [-0.05, 0) is 52.4 Å². The van der Waals surface area contributed by atoms with Crippen molar-refractivity contribution in [1.82, 2.24) is 9.80 Å². The number of carbonyl (C=O) groups is 4. The van der Waals surface area contributed by atoms with Crippen LogP contribution in [-0.4, -0.2) is 57.7 Å². The van der Waals surface area contributed by atoms with Gasteiger partial charge in [0.1, 0.15) is 0 Å². The van der Waals surface area contributed by atoms with E-state index in [2.05, 4.69) is 0 Å². The molecule has 0 aliphatic carbocycles. The Bertz CT molecular complexity index is 725. The van der Waals surface area contributed by atoms with E-state index in [-0.39, 0.29) is 53.7 Å². The van der Waals surface area contributed by atoms with Crippen molar-refractivity contribution in [2.24, 2.45) is 23.7 Å². The lowest BCUT2D eigenvalue weighted by molar-refractivity contribution is -0.147. The first-order chi connectivity index (χ1) is 14.2. The lowest BCUT2D eigenvalue weighted by atomic mass is 9.93. The summed E-state index contributed by atoms with van der Waals surface area (Å²) in [5, 5.41) is 0. The van der Waals surface area contributed by atoms with Gasteiger partial charge < -0.3 is 4.74 Å². The molecular weight excluding hydrogens is 396 g/mol. The quantitative estimate of drug-likeness (QED) is 0.490. The Balaban J connectivity index is 1.88. The van der Waals surface area contributed by atoms with Crippen molar-refractivity contribution in [2.75, 3.05) is 13.2 Å². The Hall–Kier alpha value is -1.76. The van der Waals surface area contributed by atoms with Crippen LogP contribution >= 0.6 is 0 Å². The molecular formula is C24H40N2O5. The lowest BCUT2D eigenvalue weighted by Crippen LogP contribution is -2.49. The van der Waals surface area contributed by atoms with Gasteiger partial charge in [-0.2, -0.15) is 0 Å². The van der Waals surface area contributed by atoms with E-state index in [1.54, 1.807) is 0 Å².